The molecular formula is C21H19ClN6O. The Hall–Kier alpha value is -3.45. The van der Waals surface area contributed by atoms with E-state index in [0.29, 0.717) is 17.5 Å². The Labute approximate surface area is 173 Å². The second kappa shape index (κ2) is 8.28. The van der Waals surface area contributed by atoms with E-state index in [1.54, 1.807) is 10.8 Å². The Morgan fingerprint density at radius 3 is 2.66 bits per heavy atom. The molecule has 7 nitrogen and oxygen atoms in total. The molecule has 0 radical (unpaired) electrons. The first-order chi connectivity index (χ1) is 14.2. The highest BCUT2D eigenvalue weighted by Gasteiger charge is 2.31. The summed E-state index contributed by atoms with van der Waals surface area (Å²) in [5.41, 5.74) is 2.82. The van der Waals surface area contributed by atoms with Gasteiger partial charge in [-0.1, -0.05) is 65.2 Å². The van der Waals surface area contributed by atoms with Crippen molar-refractivity contribution in [3.8, 4) is 0 Å². The summed E-state index contributed by atoms with van der Waals surface area (Å²) in [5.74, 6) is 0.353. The van der Waals surface area contributed by atoms with Crippen LogP contribution in [-0.4, -0.2) is 39.2 Å². The van der Waals surface area contributed by atoms with Crippen molar-refractivity contribution in [2.24, 2.45) is 0 Å². The molecule has 146 valence electrons. The molecule has 0 aliphatic carbocycles. The van der Waals surface area contributed by atoms with Gasteiger partial charge in [0.25, 0.3) is 5.95 Å². The van der Waals surface area contributed by atoms with Crippen LogP contribution >= 0.6 is 11.6 Å². The van der Waals surface area contributed by atoms with Gasteiger partial charge < -0.3 is 5.32 Å². The molecule has 2 heterocycles. The molecule has 0 spiro atoms. The summed E-state index contributed by atoms with van der Waals surface area (Å²) in [6, 6.07) is 17.2. The molecule has 1 aliphatic rings. The van der Waals surface area contributed by atoms with Gasteiger partial charge in [0.1, 0.15) is 12.6 Å². The van der Waals surface area contributed by atoms with Gasteiger partial charge in [-0.05, 0) is 39.8 Å². The highest BCUT2D eigenvalue weighted by atomic mass is 35.5. The molecule has 2 aromatic carbocycles. The molecule has 1 aliphatic heterocycles. The zero-order chi connectivity index (χ0) is 20.2. The van der Waals surface area contributed by atoms with E-state index >= 15 is 0 Å². The summed E-state index contributed by atoms with van der Waals surface area (Å²) in [5, 5.41) is 15.7. The Balaban J connectivity index is 1.78. The Bertz CT molecular complexity index is 1040. The predicted octanol–water partition coefficient (Wildman–Crippen LogP) is 3.08. The van der Waals surface area contributed by atoms with Gasteiger partial charge in [-0.3, -0.25) is 9.69 Å². The number of aromatic nitrogens is 4. The van der Waals surface area contributed by atoms with Gasteiger partial charge in [0.15, 0.2) is 0 Å². The van der Waals surface area contributed by atoms with E-state index in [1.807, 2.05) is 59.5 Å². The number of rotatable bonds is 6. The van der Waals surface area contributed by atoms with Crippen LogP contribution in [0.2, 0.25) is 5.02 Å². The van der Waals surface area contributed by atoms with Crippen LogP contribution in [-0.2, 0) is 4.79 Å². The highest BCUT2D eigenvalue weighted by Crippen LogP contribution is 2.36. The van der Waals surface area contributed by atoms with Gasteiger partial charge in [0.05, 0.1) is 5.70 Å². The number of hydrogen-bond donors (Lipinski definition) is 1. The fourth-order valence-electron chi connectivity index (χ4n) is 3.26. The summed E-state index contributed by atoms with van der Waals surface area (Å²) in [4.78, 5) is 14.3. The van der Waals surface area contributed by atoms with E-state index < -0.39 is 0 Å². The van der Waals surface area contributed by atoms with Gasteiger partial charge in [-0.25, -0.2) is 0 Å². The molecule has 0 bridgehead atoms. The average Bonchev–Trinajstić information content (AvgIpc) is 3.24. The first kappa shape index (κ1) is 18.9. The van der Waals surface area contributed by atoms with E-state index in [0.717, 1.165) is 16.8 Å². The molecule has 1 N–H and O–H groups in total. The lowest BCUT2D eigenvalue weighted by Crippen LogP contribution is -2.40. The monoisotopic (exact) mass is 406 g/mol. The van der Waals surface area contributed by atoms with Crippen molar-refractivity contribution in [2.75, 3.05) is 18.0 Å². The minimum absolute atomic E-state index is 0.0856. The maximum absolute atomic E-state index is 12.4. The van der Waals surface area contributed by atoms with E-state index in [1.165, 1.54) is 0 Å². The molecule has 4 rings (SSSR count). The summed E-state index contributed by atoms with van der Waals surface area (Å²) in [6.45, 7) is 4.12. The number of nitrogens with zero attached hydrogens (tertiary/aromatic N) is 5. The average molecular weight is 407 g/mol. The number of carbonyl (C=O) groups is 1. The molecule has 1 atom stereocenters. The topological polar surface area (TPSA) is 75.9 Å². The zero-order valence-corrected chi connectivity index (χ0v) is 16.3. The van der Waals surface area contributed by atoms with Gasteiger partial charge in [0, 0.05) is 11.6 Å². The van der Waals surface area contributed by atoms with Crippen LogP contribution in [0.25, 0.3) is 5.70 Å². The fourth-order valence-corrected chi connectivity index (χ4v) is 3.39. The van der Waals surface area contributed by atoms with E-state index in [9.17, 15) is 4.79 Å². The van der Waals surface area contributed by atoms with Crippen LogP contribution in [0.15, 0.2) is 73.3 Å². The molecule has 1 unspecified atom stereocenters. The number of hydrogen-bond acceptors (Lipinski definition) is 5. The first-order valence-corrected chi connectivity index (χ1v) is 9.51. The van der Waals surface area contributed by atoms with Crippen LogP contribution in [0, 0.1) is 0 Å². The van der Waals surface area contributed by atoms with Crippen molar-refractivity contribution in [1.29, 1.82) is 0 Å². The SMILES string of the molecule is C=CCNC(=O)CN1C(c2ccccc2)=CC(c2ccc(Cl)cc2)n2nnnc21. The molecule has 0 fully saturated rings. The standard InChI is InChI=1S/C21H19ClN6O/c1-2-12-23-20(29)14-27-18(15-6-4-3-5-7-15)13-19(28-21(27)24-25-26-28)16-8-10-17(22)11-9-16/h2-11,13,19H,1,12,14H2,(H,23,29). The third-order valence-electron chi connectivity index (χ3n) is 4.61. The molecule has 3 aromatic rings. The maximum atomic E-state index is 12.4. The largest absolute Gasteiger partial charge is 0.351 e. The lowest BCUT2D eigenvalue weighted by molar-refractivity contribution is -0.119. The van der Waals surface area contributed by atoms with Crippen LogP contribution in [0.5, 0.6) is 0 Å². The van der Waals surface area contributed by atoms with Crippen LogP contribution in [0.1, 0.15) is 17.2 Å². The number of allylic oxidation sites excluding steroid dienone is 1. The molecule has 0 saturated carbocycles. The molecule has 29 heavy (non-hydrogen) atoms. The van der Waals surface area contributed by atoms with Crippen LogP contribution in [0.4, 0.5) is 5.95 Å². The van der Waals surface area contributed by atoms with Crippen LogP contribution in [0.3, 0.4) is 0 Å². The predicted molar refractivity (Wildman–Crippen MR) is 112 cm³/mol. The quantitative estimate of drug-likeness (QED) is 0.636. The van der Waals surface area contributed by atoms with Crippen molar-refractivity contribution < 1.29 is 4.79 Å². The fraction of sp³-hybridized carbons (Fsp3) is 0.143. The number of nitrogens with one attached hydrogen (secondary N) is 1. The summed E-state index contributed by atoms with van der Waals surface area (Å²) < 4.78 is 1.70. The lowest BCUT2D eigenvalue weighted by Gasteiger charge is -2.32. The van der Waals surface area contributed by atoms with Crippen molar-refractivity contribution in [3.63, 3.8) is 0 Å². The van der Waals surface area contributed by atoms with Gasteiger partial charge in [0.2, 0.25) is 5.91 Å². The number of tetrazole rings is 1. The second-order valence-electron chi connectivity index (χ2n) is 6.52. The highest BCUT2D eigenvalue weighted by molar-refractivity contribution is 6.30. The number of benzene rings is 2. The second-order valence-corrected chi connectivity index (χ2v) is 6.95. The Kier molecular flexibility index (Phi) is 5.39. The normalized spacial score (nSPS) is 15.4. The molecular weight excluding hydrogens is 388 g/mol. The number of anilines is 1. The van der Waals surface area contributed by atoms with E-state index in [2.05, 4.69) is 33.5 Å². The number of carbonyl (C=O) groups excluding carboxylic acids is 1. The van der Waals surface area contributed by atoms with Crippen molar-refractivity contribution >= 4 is 29.2 Å². The van der Waals surface area contributed by atoms with E-state index in [-0.39, 0.29) is 18.5 Å². The Morgan fingerprint density at radius 2 is 1.93 bits per heavy atom. The third-order valence-corrected chi connectivity index (χ3v) is 4.87. The minimum Gasteiger partial charge on any atom is -0.351 e. The lowest BCUT2D eigenvalue weighted by atomic mass is 10.0. The number of amides is 1. The van der Waals surface area contributed by atoms with E-state index in [4.69, 9.17) is 11.6 Å². The maximum Gasteiger partial charge on any atom is 0.251 e. The molecule has 8 heteroatoms. The smallest absolute Gasteiger partial charge is 0.251 e. The number of fused-ring (bicyclic) bond motifs is 1. The first-order valence-electron chi connectivity index (χ1n) is 9.13. The minimum atomic E-state index is -0.222. The van der Waals surface area contributed by atoms with Crippen LogP contribution < -0.4 is 10.2 Å². The Morgan fingerprint density at radius 1 is 1.17 bits per heavy atom. The van der Waals surface area contributed by atoms with Gasteiger partial charge in [-0.15, -0.1) is 6.58 Å². The summed E-state index contributed by atoms with van der Waals surface area (Å²) >= 11 is 6.05. The van der Waals surface area contributed by atoms with Crippen molar-refractivity contribution in [3.05, 3.63) is 89.5 Å². The molecule has 1 aromatic heterocycles. The third kappa shape index (κ3) is 3.90. The van der Waals surface area contributed by atoms with Gasteiger partial charge in [-0.2, -0.15) is 4.68 Å². The van der Waals surface area contributed by atoms with Gasteiger partial charge >= 0.3 is 0 Å². The summed E-state index contributed by atoms with van der Waals surface area (Å²) in [6.07, 6.45) is 3.70. The number of halogens is 1. The molecule has 0 saturated heterocycles. The van der Waals surface area contributed by atoms with Crippen molar-refractivity contribution in [1.82, 2.24) is 25.5 Å². The summed E-state index contributed by atoms with van der Waals surface area (Å²) in [7, 11) is 0. The molecule has 1 amide bonds. The van der Waals surface area contributed by atoms with Crippen molar-refractivity contribution in [2.45, 2.75) is 6.04 Å². The zero-order valence-electron chi connectivity index (χ0n) is 15.6.